The molecule has 0 saturated heterocycles. The molecule has 26 heavy (non-hydrogen) atoms. The number of aliphatic hydroxyl groups is 1. The van der Waals surface area contributed by atoms with Crippen LogP contribution in [0.5, 0.6) is 5.75 Å². The number of hydrogen-bond donors (Lipinski definition) is 3. The molecular weight excluding hydrogens is 371 g/mol. The van der Waals surface area contributed by atoms with Gasteiger partial charge in [-0.15, -0.1) is 0 Å². The zero-order valence-corrected chi connectivity index (χ0v) is 18.1. The van der Waals surface area contributed by atoms with Crippen LogP contribution in [0.2, 0.25) is 5.02 Å². The molecular formula is C16H26ClN4NaO4. The number of nitrogens with zero attached hydrogens (tertiary/aromatic N) is 2. The van der Waals surface area contributed by atoms with Gasteiger partial charge in [-0.2, -0.15) is 0 Å². The molecule has 0 aliphatic rings. The van der Waals surface area contributed by atoms with Gasteiger partial charge >= 0.3 is 29.6 Å². The van der Waals surface area contributed by atoms with Crippen molar-refractivity contribution in [2.75, 3.05) is 52.1 Å². The van der Waals surface area contributed by atoms with Gasteiger partial charge in [-0.1, -0.05) is 11.6 Å². The second kappa shape index (κ2) is 18.7. The normalized spacial score (nSPS) is 8.92. The number of aliphatic hydroxyl groups excluding tert-OH is 1. The topological polar surface area (TPSA) is 126 Å². The molecule has 10 heteroatoms. The minimum Gasteiger partial charge on any atom is -1.00 e. The van der Waals surface area contributed by atoms with Gasteiger partial charge in [0.05, 0.1) is 19.8 Å². The third-order valence-electron chi connectivity index (χ3n) is 2.35. The molecule has 0 saturated carbocycles. The molecule has 0 fully saturated rings. The van der Waals surface area contributed by atoms with Gasteiger partial charge < -0.3 is 32.2 Å². The average molecular weight is 397 g/mol. The molecule has 0 amide bonds. The fourth-order valence-electron chi connectivity index (χ4n) is 1.27. The van der Waals surface area contributed by atoms with Crippen molar-refractivity contribution in [3.05, 3.63) is 41.7 Å². The van der Waals surface area contributed by atoms with Crippen molar-refractivity contribution in [2.45, 2.75) is 0 Å². The summed E-state index contributed by atoms with van der Waals surface area (Å²) in [5, 5.41) is 8.56. The molecule has 0 aromatic carbocycles. The van der Waals surface area contributed by atoms with Crippen molar-refractivity contribution in [1.29, 1.82) is 0 Å². The third-order valence-corrected chi connectivity index (χ3v) is 2.58. The van der Waals surface area contributed by atoms with E-state index in [-0.39, 0.29) is 37.6 Å². The van der Waals surface area contributed by atoms with Crippen LogP contribution < -0.4 is 45.8 Å². The van der Waals surface area contributed by atoms with Crippen LogP contribution in [0.4, 0.5) is 11.6 Å². The summed E-state index contributed by atoms with van der Waals surface area (Å²) in [4.78, 5) is 7.57. The van der Waals surface area contributed by atoms with Gasteiger partial charge in [0.25, 0.3) is 0 Å². The molecule has 0 unspecified atom stereocenters. The SMILES string of the molecule is COCCO.COCCOc1ccnc(N)c1.Nc1cc(Cl)ccn1.[H-].[Na+]. The van der Waals surface area contributed by atoms with E-state index >= 15 is 0 Å². The minimum atomic E-state index is 0. The van der Waals surface area contributed by atoms with Gasteiger partial charge in [0.2, 0.25) is 0 Å². The van der Waals surface area contributed by atoms with Gasteiger partial charge in [-0.3, -0.25) is 0 Å². The van der Waals surface area contributed by atoms with E-state index in [1.165, 1.54) is 0 Å². The largest absolute Gasteiger partial charge is 1.00 e. The van der Waals surface area contributed by atoms with E-state index in [2.05, 4.69) is 14.7 Å². The number of nitrogen functional groups attached to an aromatic ring is 2. The van der Waals surface area contributed by atoms with E-state index in [1.54, 1.807) is 50.9 Å². The summed E-state index contributed by atoms with van der Waals surface area (Å²) >= 11 is 5.52. The number of rotatable bonds is 6. The molecule has 2 heterocycles. The molecule has 5 N–H and O–H groups in total. The molecule has 142 valence electrons. The van der Waals surface area contributed by atoms with Gasteiger partial charge in [-0.25, -0.2) is 9.97 Å². The van der Waals surface area contributed by atoms with Crippen LogP contribution in [0.1, 0.15) is 1.43 Å². The molecule has 0 aliphatic carbocycles. The molecule has 0 radical (unpaired) electrons. The van der Waals surface area contributed by atoms with E-state index in [0.717, 1.165) is 5.75 Å². The maximum Gasteiger partial charge on any atom is 1.00 e. The van der Waals surface area contributed by atoms with E-state index in [0.29, 0.717) is 36.5 Å². The Labute approximate surface area is 182 Å². The van der Waals surface area contributed by atoms with Crippen LogP contribution in [0.3, 0.4) is 0 Å². The Balaban J connectivity index is -0.000000337. The second-order valence-corrected chi connectivity index (χ2v) is 4.81. The molecule has 2 aromatic heterocycles. The van der Waals surface area contributed by atoms with Gasteiger partial charge in [0, 0.05) is 37.7 Å². The Hall–Kier alpha value is -1.13. The van der Waals surface area contributed by atoms with E-state index in [4.69, 9.17) is 37.6 Å². The summed E-state index contributed by atoms with van der Waals surface area (Å²) in [6.07, 6.45) is 3.18. The fourth-order valence-corrected chi connectivity index (χ4v) is 1.44. The van der Waals surface area contributed by atoms with Crippen molar-refractivity contribution in [3.8, 4) is 5.75 Å². The Morgan fingerprint density at radius 3 is 1.96 bits per heavy atom. The number of hydrogen-bond acceptors (Lipinski definition) is 8. The van der Waals surface area contributed by atoms with Gasteiger partial charge in [-0.05, 0) is 18.2 Å². The zero-order chi connectivity index (χ0) is 18.9. The maximum atomic E-state index is 7.94. The number of halogens is 1. The summed E-state index contributed by atoms with van der Waals surface area (Å²) in [6, 6.07) is 6.71. The molecule has 2 rings (SSSR count). The quantitative estimate of drug-likeness (QED) is 0.408. The standard InChI is InChI=1S/C8H12N2O2.C5H5ClN2.C3H8O2.Na.H/c1-11-4-5-12-7-2-3-10-8(9)6-7;6-4-1-2-8-5(7)3-4;1-5-3-2-4;;/h2-3,6H,4-5H2,1H3,(H2,9,10);1-3H,(H2,7,8);4H,2-3H2,1H3;;/q;;;+1;-1. The number of pyridine rings is 2. The Morgan fingerprint density at radius 2 is 1.58 bits per heavy atom. The summed E-state index contributed by atoms with van der Waals surface area (Å²) in [5.74, 6) is 1.64. The average Bonchev–Trinajstić information content (AvgIpc) is 2.57. The number of nitrogens with two attached hydrogens (primary N) is 2. The van der Waals surface area contributed by atoms with Crippen LogP contribution in [0, 0.1) is 0 Å². The van der Waals surface area contributed by atoms with Crippen molar-refractivity contribution in [2.24, 2.45) is 0 Å². The molecule has 0 aliphatic heterocycles. The molecule has 0 spiro atoms. The Kier molecular flexibility index (Phi) is 19.4. The van der Waals surface area contributed by atoms with E-state index < -0.39 is 0 Å². The van der Waals surface area contributed by atoms with E-state index in [9.17, 15) is 0 Å². The van der Waals surface area contributed by atoms with Crippen molar-refractivity contribution < 1.29 is 50.3 Å². The summed E-state index contributed by atoms with van der Waals surface area (Å²) in [7, 11) is 3.18. The first-order valence-electron chi connectivity index (χ1n) is 7.33. The van der Waals surface area contributed by atoms with Crippen LogP contribution in [0.15, 0.2) is 36.7 Å². The first kappa shape index (κ1) is 27.1. The number of anilines is 2. The van der Waals surface area contributed by atoms with Gasteiger partial charge in [0.1, 0.15) is 24.0 Å². The van der Waals surface area contributed by atoms with Crippen LogP contribution >= 0.6 is 11.6 Å². The minimum absolute atomic E-state index is 0. The van der Waals surface area contributed by atoms with Gasteiger partial charge in [0.15, 0.2) is 0 Å². The van der Waals surface area contributed by atoms with Crippen molar-refractivity contribution in [3.63, 3.8) is 0 Å². The Morgan fingerprint density at radius 1 is 1.00 bits per heavy atom. The van der Waals surface area contributed by atoms with Crippen LogP contribution in [-0.2, 0) is 9.47 Å². The molecule has 8 nitrogen and oxygen atoms in total. The summed E-state index contributed by atoms with van der Waals surface area (Å²) in [5.41, 5.74) is 10.7. The predicted octanol–water partition coefficient (Wildman–Crippen LogP) is -1.25. The van der Waals surface area contributed by atoms with Crippen molar-refractivity contribution >= 4 is 23.2 Å². The smallest absolute Gasteiger partial charge is 1.00 e. The predicted molar refractivity (Wildman–Crippen MR) is 99.8 cm³/mol. The zero-order valence-electron chi connectivity index (χ0n) is 16.4. The molecule has 0 atom stereocenters. The summed E-state index contributed by atoms with van der Waals surface area (Å²) < 4.78 is 14.5. The van der Waals surface area contributed by atoms with E-state index in [1.807, 2.05) is 0 Å². The van der Waals surface area contributed by atoms with Crippen molar-refractivity contribution in [1.82, 2.24) is 9.97 Å². The first-order chi connectivity index (χ1) is 12.0. The first-order valence-corrected chi connectivity index (χ1v) is 7.71. The maximum absolute atomic E-state index is 7.94. The third kappa shape index (κ3) is 16.3. The fraction of sp³-hybridized carbons (Fsp3) is 0.375. The molecule has 2 aromatic rings. The van der Waals surface area contributed by atoms with Crippen LogP contribution in [0.25, 0.3) is 0 Å². The molecule has 0 bridgehead atoms. The summed E-state index contributed by atoms with van der Waals surface area (Å²) in [6.45, 7) is 1.67. The van der Waals surface area contributed by atoms with Crippen LogP contribution in [-0.4, -0.2) is 55.7 Å². The second-order valence-electron chi connectivity index (χ2n) is 4.37. The number of aromatic nitrogens is 2. The monoisotopic (exact) mass is 396 g/mol. The number of methoxy groups -OCH3 is 2. The number of ether oxygens (including phenoxy) is 3. The Bertz CT molecular complexity index is 568.